The van der Waals surface area contributed by atoms with Gasteiger partial charge in [-0.2, -0.15) is 0 Å². The third-order valence-electron chi connectivity index (χ3n) is 1.97. The molecule has 2 N–H and O–H groups in total. The van der Waals surface area contributed by atoms with Crippen molar-refractivity contribution in [3.8, 4) is 0 Å². The van der Waals surface area contributed by atoms with Crippen LogP contribution in [0.3, 0.4) is 0 Å². The first-order valence-corrected chi connectivity index (χ1v) is 6.82. The van der Waals surface area contributed by atoms with Crippen LogP contribution in [0.15, 0.2) is 22.7 Å². The van der Waals surface area contributed by atoms with E-state index in [-0.39, 0.29) is 5.75 Å². The molecule has 0 aliphatic heterocycles. The number of nitrogens with zero attached hydrogens (tertiary/aromatic N) is 3. The van der Waals surface area contributed by atoms with E-state index >= 15 is 0 Å². The molecule has 0 atom stereocenters. The first kappa shape index (κ1) is 12.8. The second-order valence-corrected chi connectivity index (χ2v) is 5.52. The summed E-state index contributed by atoms with van der Waals surface area (Å²) in [6, 6.07) is 3.73. The quantitative estimate of drug-likeness (QED) is 0.812. The number of thioether (sulfide) groups is 1. The average molecular weight is 282 g/mol. The van der Waals surface area contributed by atoms with Crippen molar-refractivity contribution in [3.05, 3.63) is 24.0 Å². The summed E-state index contributed by atoms with van der Waals surface area (Å²) in [7, 11) is 0. The highest BCUT2D eigenvalue weighted by Crippen LogP contribution is 2.27. The summed E-state index contributed by atoms with van der Waals surface area (Å²) in [6.07, 6.45) is 1.72. The molecule has 2 heterocycles. The Morgan fingerprint density at radius 1 is 1.56 bits per heavy atom. The fraction of sp³-hybridized carbons (Fsp3) is 0.200. The Balaban J connectivity index is 2.02. The summed E-state index contributed by atoms with van der Waals surface area (Å²) in [4.78, 5) is 14.6. The zero-order valence-corrected chi connectivity index (χ0v) is 11.1. The van der Waals surface area contributed by atoms with Crippen LogP contribution in [0.4, 0.5) is 10.8 Å². The third kappa shape index (κ3) is 3.41. The molecule has 0 aliphatic carbocycles. The summed E-state index contributed by atoms with van der Waals surface area (Å²) in [6.45, 7) is 1.89. The van der Waals surface area contributed by atoms with Gasteiger partial charge < -0.3 is 10.4 Å². The van der Waals surface area contributed by atoms with Gasteiger partial charge in [0.25, 0.3) is 0 Å². The van der Waals surface area contributed by atoms with Crippen LogP contribution in [0.2, 0.25) is 0 Å². The molecular weight excluding hydrogens is 272 g/mol. The molecule has 8 heteroatoms. The Labute approximate surface area is 111 Å². The minimum atomic E-state index is -0.868. The Morgan fingerprint density at radius 3 is 3.11 bits per heavy atom. The number of aliphatic carboxylic acids is 1. The lowest BCUT2D eigenvalue weighted by Gasteiger charge is -2.03. The largest absolute Gasteiger partial charge is 0.481 e. The zero-order chi connectivity index (χ0) is 13.0. The summed E-state index contributed by atoms with van der Waals surface area (Å²) in [5, 5.41) is 20.1. The number of carboxylic acid groups (broad SMARTS) is 1. The van der Waals surface area contributed by atoms with E-state index in [0.29, 0.717) is 9.47 Å². The van der Waals surface area contributed by atoms with E-state index < -0.39 is 5.97 Å². The van der Waals surface area contributed by atoms with E-state index in [1.165, 1.54) is 11.3 Å². The summed E-state index contributed by atoms with van der Waals surface area (Å²) < 4.78 is 0.626. The molecule has 0 radical (unpaired) electrons. The summed E-state index contributed by atoms with van der Waals surface area (Å²) in [5.74, 6) is -0.881. The SMILES string of the molecule is Cc1ncccc1Nc1nnc(SCC(=O)O)s1. The van der Waals surface area contributed by atoms with Gasteiger partial charge in [0.2, 0.25) is 5.13 Å². The standard InChI is InChI=1S/C10H10N4O2S2/c1-6-7(3-2-4-11-6)12-9-13-14-10(18-9)17-5-8(15)16/h2-4H,5H2,1H3,(H,12,13)(H,15,16). The van der Waals surface area contributed by atoms with Crippen molar-refractivity contribution < 1.29 is 9.90 Å². The first-order valence-electron chi connectivity index (χ1n) is 5.02. The number of anilines is 2. The van der Waals surface area contributed by atoms with Crippen molar-refractivity contribution in [2.24, 2.45) is 0 Å². The highest BCUT2D eigenvalue weighted by Gasteiger charge is 2.08. The Bertz CT molecular complexity index is 558. The number of nitrogens with one attached hydrogen (secondary N) is 1. The van der Waals surface area contributed by atoms with Gasteiger partial charge in [-0.15, -0.1) is 10.2 Å². The molecule has 0 amide bonds. The van der Waals surface area contributed by atoms with Gasteiger partial charge in [0.15, 0.2) is 4.34 Å². The second kappa shape index (κ2) is 5.78. The Kier molecular flexibility index (Phi) is 4.11. The van der Waals surface area contributed by atoms with Crippen LogP contribution in [0.5, 0.6) is 0 Å². The molecule has 18 heavy (non-hydrogen) atoms. The maximum absolute atomic E-state index is 10.4. The van der Waals surface area contributed by atoms with Crippen molar-refractivity contribution in [1.29, 1.82) is 0 Å². The van der Waals surface area contributed by atoms with Crippen molar-refractivity contribution in [2.75, 3.05) is 11.1 Å². The van der Waals surface area contributed by atoms with Gasteiger partial charge in [-0.1, -0.05) is 23.1 Å². The molecule has 0 aromatic carbocycles. The third-order valence-corrected chi connectivity index (χ3v) is 3.93. The second-order valence-electron chi connectivity index (χ2n) is 3.32. The average Bonchev–Trinajstić information content (AvgIpc) is 2.77. The van der Waals surface area contributed by atoms with Gasteiger partial charge in [0.05, 0.1) is 17.1 Å². The lowest BCUT2D eigenvalue weighted by atomic mass is 10.3. The van der Waals surface area contributed by atoms with Gasteiger partial charge in [0, 0.05) is 6.20 Å². The number of hydrogen-bond donors (Lipinski definition) is 2. The van der Waals surface area contributed by atoms with E-state index in [1.54, 1.807) is 6.20 Å². The molecule has 0 unspecified atom stereocenters. The van der Waals surface area contributed by atoms with Gasteiger partial charge >= 0.3 is 5.97 Å². The number of rotatable bonds is 5. The van der Waals surface area contributed by atoms with Crippen molar-refractivity contribution in [3.63, 3.8) is 0 Å². The molecule has 0 saturated carbocycles. The topological polar surface area (TPSA) is 88.0 Å². The molecule has 2 aromatic heterocycles. The zero-order valence-electron chi connectivity index (χ0n) is 9.45. The van der Waals surface area contributed by atoms with Crippen molar-refractivity contribution in [1.82, 2.24) is 15.2 Å². The molecule has 0 aliphatic rings. The van der Waals surface area contributed by atoms with E-state index in [9.17, 15) is 4.79 Å². The van der Waals surface area contributed by atoms with Gasteiger partial charge in [-0.05, 0) is 19.1 Å². The van der Waals surface area contributed by atoms with Crippen molar-refractivity contribution >= 4 is 39.9 Å². The van der Waals surface area contributed by atoms with Gasteiger partial charge in [0.1, 0.15) is 0 Å². The molecule has 2 aromatic rings. The smallest absolute Gasteiger partial charge is 0.313 e. The fourth-order valence-electron chi connectivity index (χ4n) is 1.17. The van der Waals surface area contributed by atoms with Crippen LogP contribution in [-0.4, -0.2) is 32.0 Å². The number of hydrogen-bond acceptors (Lipinski definition) is 7. The Morgan fingerprint density at radius 2 is 2.39 bits per heavy atom. The molecule has 94 valence electrons. The summed E-state index contributed by atoms with van der Waals surface area (Å²) in [5.41, 5.74) is 1.73. The highest BCUT2D eigenvalue weighted by atomic mass is 32.2. The van der Waals surface area contributed by atoms with Crippen LogP contribution in [0.1, 0.15) is 5.69 Å². The van der Waals surface area contributed by atoms with Crippen LogP contribution < -0.4 is 5.32 Å². The molecule has 0 fully saturated rings. The summed E-state index contributed by atoms with van der Waals surface area (Å²) >= 11 is 2.47. The highest BCUT2D eigenvalue weighted by molar-refractivity contribution is 8.01. The minimum Gasteiger partial charge on any atom is -0.481 e. The number of aryl methyl sites for hydroxylation is 1. The maximum Gasteiger partial charge on any atom is 0.313 e. The monoisotopic (exact) mass is 282 g/mol. The van der Waals surface area contributed by atoms with E-state index in [2.05, 4.69) is 20.5 Å². The van der Waals surface area contributed by atoms with Crippen LogP contribution in [0, 0.1) is 6.92 Å². The lowest BCUT2D eigenvalue weighted by Crippen LogP contribution is -1.96. The predicted octanol–water partition coefficient (Wildman–Crippen LogP) is 2.16. The molecule has 6 nitrogen and oxygen atoms in total. The molecule has 0 saturated heterocycles. The Hall–Kier alpha value is -1.67. The molecule has 0 spiro atoms. The number of pyridine rings is 1. The van der Waals surface area contributed by atoms with E-state index in [4.69, 9.17) is 5.11 Å². The predicted molar refractivity (Wildman–Crippen MR) is 70.5 cm³/mol. The molecule has 2 rings (SSSR count). The first-order chi connectivity index (χ1) is 8.65. The molecular formula is C10H10N4O2S2. The lowest BCUT2D eigenvalue weighted by molar-refractivity contribution is -0.133. The van der Waals surface area contributed by atoms with Crippen LogP contribution in [0.25, 0.3) is 0 Å². The maximum atomic E-state index is 10.4. The number of carboxylic acids is 1. The van der Waals surface area contributed by atoms with Crippen LogP contribution >= 0.6 is 23.1 Å². The minimum absolute atomic E-state index is 0.0133. The van der Waals surface area contributed by atoms with Crippen LogP contribution in [-0.2, 0) is 4.79 Å². The number of carbonyl (C=O) groups is 1. The van der Waals surface area contributed by atoms with E-state index in [1.807, 2.05) is 19.1 Å². The number of aromatic nitrogens is 3. The van der Waals surface area contributed by atoms with Gasteiger partial charge in [-0.25, -0.2) is 0 Å². The molecule has 0 bridgehead atoms. The van der Waals surface area contributed by atoms with Crippen molar-refractivity contribution in [2.45, 2.75) is 11.3 Å². The van der Waals surface area contributed by atoms with Gasteiger partial charge in [-0.3, -0.25) is 9.78 Å². The van der Waals surface area contributed by atoms with E-state index in [0.717, 1.165) is 23.1 Å². The normalized spacial score (nSPS) is 10.3. The fourth-order valence-corrected chi connectivity index (χ4v) is 2.66.